The van der Waals surface area contributed by atoms with Crippen LogP contribution in [0.5, 0.6) is 11.6 Å². The molecule has 0 aliphatic carbocycles. The van der Waals surface area contributed by atoms with Crippen LogP contribution < -0.4 is 15.2 Å². The van der Waals surface area contributed by atoms with Crippen LogP contribution in [0.1, 0.15) is 17.2 Å². The zero-order valence-electron chi connectivity index (χ0n) is 18.9. The third-order valence-corrected chi connectivity index (χ3v) is 6.44. The predicted molar refractivity (Wildman–Crippen MR) is 128 cm³/mol. The molecular formula is C23H20N6O5S. The fraction of sp³-hybridized carbons (Fsp3) is 0.130. The predicted octanol–water partition coefficient (Wildman–Crippen LogP) is 3.62. The number of fused-ring (bicyclic) bond motifs is 1. The molecule has 0 amide bonds. The highest BCUT2D eigenvalue weighted by atomic mass is 32.2. The fourth-order valence-electron chi connectivity index (χ4n) is 3.57. The Hall–Kier alpha value is -4.45. The van der Waals surface area contributed by atoms with Gasteiger partial charge in [-0.15, -0.1) is 0 Å². The molecule has 0 saturated heterocycles. The van der Waals surface area contributed by atoms with Gasteiger partial charge in [0.2, 0.25) is 5.88 Å². The summed E-state index contributed by atoms with van der Waals surface area (Å²) >= 11 is 0. The summed E-state index contributed by atoms with van der Waals surface area (Å²) in [6.45, 7) is 5.60. The van der Waals surface area contributed by atoms with Gasteiger partial charge in [-0.05, 0) is 69.3 Å². The van der Waals surface area contributed by atoms with Crippen molar-refractivity contribution in [1.82, 2.24) is 24.7 Å². The standard InChI is InChI=1S/C23H20N6O5S/c1-13-10-14(2)29(27-13)21-12-22(25-15(3)24-21)33-17-6-4-16(5-7-17)28-35(31,32)18-8-9-20-19(11-18)26-23(30)34-20/h4-12,28H,1-3H3,(H,26,30). The zero-order valence-corrected chi connectivity index (χ0v) is 19.8. The highest BCUT2D eigenvalue weighted by molar-refractivity contribution is 7.92. The molecule has 0 aliphatic rings. The number of anilines is 1. The molecule has 0 aliphatic heterocycles. The lowest BCUT2D eigenvalue weighted by atomic mass is 10.3. The van der Waals surface area contributed by atoms with E-state index >= 15 is 0 Å². The van der Waals surface area contributed by atoms with Crippen molar-refractivity contribution in [3.8, 4) is 17.4 Å². The van der Waals surface area contributed by atoms with Crippen molar-refractivity contribution in [3.63, 3.8) is 0 Å². The second-order valence-corrected chi connectivity index (χ2v) is 9.54. The van der Waals surface area contributed by atoms with Crippen molar-refractivity contribution in [3.05, 3.63) is 82.4 Å². The molecule has 0 unspecified atom stereocenters. The van der Waals surface area contributed by atoms with Crippen LogP contribution in [0.15, 0.2) is 68.7 Å². The molecule has 5 aromatic rings. The smallest absolute Gasteiger partial charge is 0.417 e. The number of sulfonamides is 1. The second kappa shape index (κ2) is 8.40. The number of H-pyrrole nitrogens is 1. The number of nitrogens with zero attached hydrogens (tertiary/aromatic N) is 4. The van der Waals surface area contributed by atoms with Crippen molar-refractivity contribution in [1.29, 1.82) is 0 Å². The minimum Gasteiger partial charge on any atom is -0.439 e. The molecule has 178 valence electrons. The Labute approximate surface area is 199 Å². The maximum absolute atomic E-state index is 12.8. The number of aromatic amines is 1. The Morgan fingerprint density at radius 3 is 2.49 bits per heavy atom. The Bertz CT molecular complexity index is 1720. The van der Waals surface area contributed by atoms with Gasteiger partial charge in [0.25, 0.3) is 10.0 Å². The number of oxazole rings is 1. The van der Waals surface area contributed by atoms with E-state index in [0.29, 0.717) is 34.5 Å². The van der Waals surface area contributed by atoms with E-state index < -0.39 is 15.8 Å². The van der Waals surface area contributed by atoms with Crippen molar-refractivity contribution in [2.75, 3.05) is 4.72 Å². The summed E-state index contributed by atoms with van der Waals surface area (Å²) in [4.78, 5) is 22.5. The molecule has 0 spiro atoms. The lowest BCUT2D eigenvalue weighted by Gasteiger charge is -2.11. The van der Waals surface area contributed by atoms with Gasteiger partial charge >= 0.3 is 5.76 Å². The van der Waals surface area contributed by atoms with E-state index in [1.165, 1.54) is 18.2 Å². The van der Waals surface area contributed by atoms with Gasteiger partial charge < -0.3 is 9.15 Å². The molecule has 3 aromatic heterocycles. The number of hydrogen-bond acceptors (Lipinski definition) is 8. The van der Waals surface area contributed by atoms with Gasteiger partial charge in [-0.2, -0.15) is 10.1 Å². The van der Waals surface area contributed by atoms with Gasteiger partial charge in [0.15, 0.2) is 11.4 Å². The normalized spacial score (nSPS) is 11.6. The molecule has 2 N–H and O–H groups in total. The first-order valence-corrected chi connectivity index (χ1v) is 12.0. The Balaban J connectivity index is 1.34. The van der Waals surface area contributed by atoms with E-state index in [-0.39, 0.29) is 10.5 Å². The van der Waals surface area contributed by atoms with Crippen molar-refractivity contribution in [2.45, 2.75) is 25.7 Å². The van der Waals surface area contributed by atoms with Gasteiger partial charge in [-0.25, -0.2) is 22.9 Å². The van der Waals surface area contributed by atoms with E-state index in [0.717, 1.165) is 11.4 Å². The first kappa shape index (κ1) is 22.3. The summed E-state index contributed by atoms with van der Waals surface area (Å²) in [5.74, 6) is 1.24. The van der Waals surface area contributed by atoms with Crippen LogP contribution >= 0.6 is 0 Å². The van der Waals surface area contributed by atoms with Crippen LogP contribution in [0.4, 0.5) is 5.69 Å². The SMILES string of the molecule is Cc1cc(C)n(-c2cc(Oc3ccc(NS(=O)(=O)c4ccc5oc(=O)[nH]c5c4)cc3)nc(C)n2)n1. The van der Waals surface area contributed by atoms with Gasteiger partial charge in [0, 0.05) is 17.4 Å². The van der Waals surface area contributed by atoms with E-state index in [1.54, 1.807) is 41.9 Å². The van der Waals surface area contributed by atoms with E-state index in [1.807, 2.05) is 19.9 Å². The molecular weight excluding hydrogens is 472 g/mol. The number of benzene rings is 2. The number of hydrogen-bond donors (Lipinski definition) is 2. The number of nitrogens with one attached hydrogen (secondary N) is 2. The third kappa shape index (κ3) is 4.64. The topological polar surface area (TPSA) is 145 Å². The van der Waals surface area contributed by atoms with Crippen molar-refractivity contribution < 1.29 is 17.6 Å². The lowest BCUT2D eigenvalue weighted by Crippen LogP contribution is -2.12. The Kier molecular flexibility index (Phi) is 5.36. The van der Waals surface area contributed by atoms with Crippen LogP contribution in [0, 0.1) is 20.8 Å². The fourth-order valence-corrected chi connectivity index (χ4v) is 4.66. The molecule has 12 heteroatoms. The summed E-state index contributed by atoms with van der Waals surface area (Å²) in [6.07, 6.45) is 0. The highest BCUT2D eigenvalue weighted by Crippen LogP contribution is 2.25. The minimum atomic E-state index is -3.90. The largest absolute Gasteiger partial charge is 0.439 e. The zero-order chi connectivity index (χ0) is 24.7. The Morgan fingerprint density at radius 2 is 1.77 bits per heavy atom. The molecule has 2 aromatic carbocycles. The van der Waals surface area contributed by atoms with E-state index in [2.05, 4.69) is 24.8 Å². The maximum atomic E-state index is 12.8. The molecule has 0 radical (unpaired) electrons. The van der Waals surface area contributed by atoms with Gasteiger partial charge in [0.05, 0.1) is 16.1 Å². The molecule has 11 nitrogen and oxygen atoms in total. The number of rotatable bonds is 6. The Morgan fingerprint density at radius 1 is 1.00 bits per heavy atom. The number of aryl methyl sites for hydroxylation is 3. The van der Waals surface area contributed by atoms with Crippen LogP contribution in [0.3, 0.4) is 0 Å². The molecule has 0 saturated carbocycles. The minimum absolute atomic E-state index is 0.0180. The quantitative estimate of drug-likeness (QED) is 0.366. The van der Waals surface area contributed by atoms with Gasteiger partial charge in [-0.3, -0.25) is 9.71 Å². The lowest BCUT2D eigenvalue weighted by molar-refractivity contribution is 0.459. The van der Waals surface area contributed by atoms with E-state index in [9.17, 15) is 13.2 Å². The van der Waals surface area contributed by atoms with Crippen LogP contribution in [-0.4, -0.2) is 33.2 Å². The first-order valence-electron chi connectivity index (χ1n) is 10.5. The van der Waals surface area contributed by atoms with Gasteiger partial charge in [-0.1, -0.05) is 0 Å². The molecule has 3 heterocycles. The average Bonchev–Trinajstić information content (AvgIpc) is 3.34. The summed E-state index contributed by atoms with van der Waals surface area (Å²) in [5.41, 5.74) is 2.71. The monoisotopic (exact) mass is 492 g/mol. The summed E-state index contributed by atoms with van der Waals surface area (Å²) in [7, 11) is -3.90. The molecule has 0 bridgehead atoms. The van der Waals surface area contributed by atoms with Gasteiger partial charge in [0.1, 0.15) is 11.6 Å². The van der Waals surface area contributed by atoms with Crippen LogP contribution in [0.2, 0.25) is 0 Å². The highest BCUT2D eigenvalue weighted by Gasteiger charge is 2.16. The van der Waals surface area contributed by atoms with E-state index in [4.69, 9.17) is 9.15 Å². The summed E-state index contributed by atoms with van der Waals surface area (Å²) in [6, 6.07) is 14.1. The maximum Gasteiger partial charge on any atom is 0.417 e. The summed E-state index contributed by atoms with van der Waals surface area (Å²) in [5, 5.41) is 4.44. The third-order valence-electron chi connectivity index (χ3n) is 5.06. The van der Waals surface area contributed by atoms with Crippen LogP contribution in [0.25, 0.3) is 16.9 Å². The average molecular weight is 493 g/mol. The van der Waals surface area contributed by atoms with Crippen molar-refractivity contribution in [2.24, 2.45) is 0 Å². The van der Waals surface area contributed by atoms with Crippen molar-refractivity contribution >= 4 is 26.8 Å². The number of ether oxygens (including phenoxy) is 1. The molecule has 0 fully saturated rings. The first-order chi connectivity index (χ1) is 16.7. The number of aromatic nitrogens is 5. The second-order valence-electron chi connectivity index (χ2n) is 7.85. The molecule has 0 atom stereocenters. The summed E-state index contributed by atoms with van der Waals surface area (Å²) < 4.78 is 40.6. The molecule has 35 heavy (non-hydrogen) atoms. The van der Waals surface area contributed by atoms with Crippen LogP contribution in [-0.2, 0) is 10.0 Å². The molecule has 5 rings (SSSR count).